The summed E-state index contributed by atoms with van der Waals surface area (Å²) in [4.78, 5) is 23.0. The highest BCUT2D eigenvalue weighted by Crippen LogP contribution is 2.24. The van der Waals surface area contributed by atoms with Crippen LogP contribution in [0.2, 0.25) is 5.02 Å². The van der Waals surface area contributed by atoms with Crippen LogP contribution in [0.25, 0.3) is 10.9 Å². The van der Waals surface area contributed by atoms with Crippen molar-refractivity contribution in [1.29, 1.82) is 0 Å². The Bertz CT molecular complexity index is 1230. The van der Waals surface area contributed by atoms with Crippen molar-refractivity contribution in [2.75, 3.05) is 32.6 Å². The monoisotopic (exact) mass is 461 g/mol. The van der Waals surface area contributed by atoms with Gasteiger partial charge < -0.3 is 14.4 Å². The van der Waals surface area contributed by atoms with E-state index in [1.165, 1.54) is 24.5 Å². The molecule has 3 aromatic rings. The molecule has 2 heterocycles. The molecule has 0 N–H and O–H groups in total. The van der Waals surface area contributed by atoms with E-state index in [1.54, 1.807) is 4.90 Å². The van der Waals surface area contributed by atoms with Crippen molar-refractivity contribution in [2.45, 2.75) is 11.0 Å². The molecule has 1 aliphatic rings. The number of hydrogen-bond acceptors (Lipinski definition) is 7. The van der Waals surface area contributed by atoms with Crippen LogP contribution in [-0.4, -0.2) is 67.9 Å². The maximum atomic E-state index is 13.0. The average molecular weight is 462 g/mol. The molecule has 1 aliphatic heterocycles. The lowest BCUT2D eigenvalue weighted by Gasteiger charge is -2.33. The summed E-state index contributed by atoms with van der Waals surface area (Å²) in [5.74, 6) is 0.169. The minimum atomic E-state index is -3.41. The normalized spacial score (nSPS) is 17.0. The molecule has 162 valence electrons. The topological polar surface area (TPSA) is 98.7 Å². The molecule has 0 spiro atoms. The second-order valence-corrected chi connectivity index (χ2v) is 9.59. The molecule has 4 rings (SSSR count). The fourth-order valence-electron chi connectivity index (χ4n) is 3.34. The molecule has 1 aromatic heterocycles. The van der Waals surface area contributed by atoms with Crippen LogP contribution < -0.4 is 4.74 Å². The third-order valence-electron chi connectivity index (χ3n) is 4.94. The molecule has 0 bridgehead atoms. The van der Waals surface area contributed by atoms with Gasteiger partial charge in [-0.3, -0.25) is 4.79 Å². The van der Waals surface area contributed by atoms with E-state index in [0.29, 0.717) is 25.6 Å². The number of para-hydroxylation sites is 1. The van der Waals surface area contributed by atoms with Gasteiger partial charge in [-0.15, -0.1) is 0 Å². The Balaban J connectivity index is 1.44. The summed E-state index contributed by atoms with van der Waals surface area (Å²) >= 11 is 6.20. The molecular weight excluding hydrogens is 442 g/mol. The predicted molar refractivity (Wildman–Crippen MR) is 115 cm³/mol. The Morgan fingerprint density at radius 3 is 2.84 bits per heavy atom. The predicted octanol–water partition coefficient (Wildman–Crippen LogP) is 2.61. The molecule has 1 amide bonds. The fourth-order valence-corrected chi connectivity index (χ4v) is 4.32. The van der Waals surface area contributed by atoms with Crippen LogP contribution in [0.1, 0.15) is 10.4 Å². The number of fused-ring (bicyclic) bond motifs is 1. The Morgan fingerprint density at radius 1 is 1.26 bits per heavy atom. The van der Waals surface area contributed by atoms with Crippen LogP contribution in [0, 0.1) is 0 Å². The molecule has 0 radical (unpaired) electrons. The first kappa shape index (κ1) is 21.5. The Morgan fingerprint density at radius 2 is 2.06 bits per heavy atom. The van der Waals surface area contributed by atoms with Gasteiger partial charge in [0.2, 0.25) is 5.88 Å². The zero-order valence-electron chi connectivity index (χ0n) is 16.7. The third-order valence-corrected chi connectivity index (χ3v) is 6.36. The van der Waals surface area contributed by atoms with Gasteiger partial charge in [-0.1, -0.05) is 23.7 Å². The van der Waals surface area contributed by atoms with Gasteiger partial charge >= 0.3 is 0 Å². The third kappa shape index (κ3) is 4.79. The number of hydrogen-bond donors (Lipinski definition) is 0. The number of halogens is 1. The zero-order chi connectivity index (χ0) is 22.0. The first-order chi connectivity index (χ1) is 14.8. The summed E-state index contributed by atoms with van der Waals surface area (Å²) in [6, 6.07) is 11.6. The van der Waals surface area contributed by atoms with Gasteiger partial charge in [-0.2, -0.15) is 0 Å². The van der Waals surface area contributed by atoms with Gasteiger partial charge in [0.05, 0.1) is 39.5 Å². The number of benzene rings is 2. The average Bonchev–Trinajstić information content (AvgIpc) is 2.76. The number of ether oxygens (including phenoxy) is 2. The molecule has 10 heteroatoms. The van der Waals surface area contributed by atoms with Crippen molar-refractivity contribution in [3.05, 3.63) is 59.4 Å². The summed E-state index contributed by atoms with van der Waals surface area (Å²) in [7, 11) is -3.41. The Hall–Kier alpha value is -2.75. The van der Waals surface area contributed by atoms with E-state index in [9.17, 15) is 13.2 Å². The number of rotatable bonds is 5. The number of carbonyl (C=O) groups is 1. The lowest BCUT2D eigenvalue weighted by molar-refractivity contribution is -0.0405. The maximum Gasteiger partial charge on any atom is 0.255 e. The van der Waals surface area contributed by atoms with Crippen LogP contribution in [0.4, 0.5) is 0 Å². The first-order valence-corrected chi connectivity index (χ1v) is 11.8. The molecule has 1 saturated heterocycles. The molecule has 1 atom stereocenters. The van der Waals surface area contributed by atoms with Crippen molar-refractivity contribution in [3.8, 4) is 5.88 Å². The van der Waals surface area contributed by atoms with E-state index in [1.807, 2.05) is 24.3 Å². The van der Waals surface area contributed by atoms with Crippen molar-refractivity contribution in [2.24, 2.45) is 0 Å². The molecule has 31 heavy (non-hydrogen) atoms. The highest BCUT2D eigenvalue weighted by molar-refractivity contribution is 7.90. The SMILES string of the molecule is CS(=O)(=O)c1ccc(C(=O)N2CCOC(COc3ncnc4ccccc34)C2)c(Cl)c1. The van der Waals surface area contributed by atoms with E-state index in [0.717, 1.165) is 17.2 Å². The minimum Gasteiger partial charge on any atom is -0.474 e. The smallest absolute Gasteiger partial charge is 0.255 e. The van der Waals surface area contributed by atoms with Gasteiger partial charge in [0.1, 0.15) is 19.0 Å². The summed E-state index contributed by atoms with van der Waals surface area (Å²) in [5.41, 5.74) is 1.03. The second-order valence-electron chi connectivity index (χ2n) is 7.16. The number of amides is 1. The number of carbonyl (C=O) groups excluding carboxylic acids is 1. The molecule has 2 aromatic carbocycles. The Kier molecular flexibility index (Phi) is 6.08. The summed E-state index contributed by atoms with van der Waals surface area (Å²) in [6.45, 7) is 1.27. The van der Waals surface area contributed by atoms with E-state index in [4.69, 9.17) is 21.1 Å². The Labute approximate surface area is 184 Å². The van der Waals surface area contributed by atoms with E-state index in [-0.39, 0.29) is 34.1 Å². The number of aromatic nitrogens is 2. The summed E-state index contributed by atoms with van der Waals surface area (Å²) < 4.78 is 35.0. The summed E-state index contributed by atoms with van der Waals surface area (Å²) in [5, 5.41) is 0.895. The van der Waals surface area contributed by atoms with Crippen LogP contribution in [0.5, 0.6) is 5.88 Å². The van der Waals surface area contributed by atoms with Gasteiger partial charge in [-0.25, -0.2) is 18.4 Å². The van der Waals surface area contributed by atoms with E-state index < -0.39 is 9.84 Å². The van der Waals surface area contributed by atoms with E-state index >= 15 is 0 Å². The molecule has 8 nitrogen and oxygen atoms in total. The second kappa shape index (κ2) is 8.78. The fraction of sp³-hybridized carbons (Fsp3) is 0.286. The van der Waals surface area contributed by atoms with E-state index in [2.05, 4.69) is 9.97 Å². The molecule has 1 unspecified atom stereocenters. The largest absolute Gasteiger partial charge is 0.474 e. The molecule has 0 saturated carbocycles. The summed E-state index contributed by atoms with van der Waals surface area (Å²) in [6.07, 6.45) is 2.19. The van der Waals surface area contributed by atoms with Crippen molar-refractivity contribution in [3.63, 3.8) is 0 Å². The van der Waals surface area contributed by atoms with Crippen molar-refractivity contribution < 1.29 is 22.7 Å². The van der Waals surface area contributed by atoms with Gasteiger partial charge in [0.15, 0.2) is 9.84 Å². The van der Waals surface area contributed by atoms with Crippen molar-refractivity contribution in [1.82, 2.24) is 14.9 Å². The molecular formula is C21H20ClN3O5S. The maximum absolute atomic E-state index is 13.0. The van der Waals surface area contributed by atoms with Crippen molar-refractivity contribution >= 4 is 38.2 Å². The van der Waals surface area contributed by atoms with Crippen LogP contribution in [-0.2, 0) is 14.6 Å². The number of sulfone groups is 1. The van der Waals surface area contributed by atoms with Crippen LogP contribution in [0.15, 0.2) is 53.7 Å². The quantitative estimate of drug-likeness (QED) is 0.575. The highest BCUT2D eigenvalue weighted by atomic mass is 35.5. The number of nitrogens with zero attached hydrogens (tertiary/aromatic N) is 3. The lowest BCUT2D eigenvalue weighted by atomic mass is 10.1. The number of morpholine rings is 1. The van der Waals surface area contributed by atoms with Gasteiger partial charge in [0, 0.05) is 12.8 Å². The first-order valence-electron chi connectivity index (χ1n) is 9.56. The van der Waals surface area contributed by atoms with Crippen LogP contribution in [0.3, 0.4) is 0 Å². The highest BCUT2D eigenvalue weighted by Gasteiger charge is 2.27. The lowest BCUT2D eigenvalue weighted by Crippen LogP contribution is -2.47. The molecule has 1 fully saturated rings. The zero-order valence-corrected chi connectivity index (χ0v) is 18.3. The van der Waals surface area contributed by atoms with Gasteiger partial charge in [-0.05, 0) is 30.3 Å². The molecule has 0 aliphatic carbocycles. The van der Waals surface area contributed by atoms with Crippen LogP contribution >= 0.6 is 11.6 Å². The minimum absolute atomic E-state index is 0.0689. The van der Waals surface area contributed by atoms with Gasteiger partial charge in [0.25, 0.3) is 5.91 Å². The standard InChI is InChI=1S/C21H20ClN3O5S/c1-31(27,28)15-6-7-16(18(22)10-15)21(26)25-8-9-29-14(11-25)12-30-20-17-4-2-3-5-19(17)23-13-24-20/h2-7,10,13-14H,8-9,11-12H2,1H3.